The molecular formula is C34H31F3N4O5S. The molecule has 6 rings (SSSR count). The Morgan fingerprint density at radius 2 is 1.64 bits per heavy atom. The van der Waals surface area contributed by atoms with Crippen LogP contribution in [-0.4, -0.2) is 43.3 Å². The average molecular weight is 665 g/mol. The molecule has 2 heterocycles. The van der Waals surface area contributed by atoms with Crippen LogP contribution in [0, 0.1) is 12.8 Å². The number of halogens is 3. The van der Waals surface area contributed by atoms with Crippen molar-refractivity contribution in [1.82, 2.24) is 14.5 Å². The van der Waals surface area contributed by atoms with Crippen molar-refractivity contribution < 1.29 is 31.1 Å². The molecule has 0 atom stereocenters. The van der Waals surface area contributed by atoms with Crippen molar-refractivity contribution in [2.45, 2.75) is 43.3 Å². The minimum Gasteiger partial charge on any atom is -0.497 e. The number of rotatable bonds is 9. The minimum atomic E-state index is -4.22. The molecule has 13 heteroatoms. The number of nitrogens with zero attached hydrogens (tertiary/aromatic N) is 4. The maximum Gasteiger partial charge on any atom is 0.391 e. The van der Waals surface area contributed by atoms with E-state index >= 15 is 0 Å². The number of aryl methyl sites for hydroxylation is 1. The lowest BCUT2D eigenvalue weighted by atomic mass is 9.70. The van der Waals surface area contributed by atoms with Crippen molar-refractivity contribution in [3.63, 3.8) is 0 Å². The fraction of sp³-hybridized carbons (Fsp3) is 0.265. The summed E-state index contributed by atoms with van der Waals surface area (Å²) < 4.78 is 81.2. The number of fused-ring (bicyclic) bond motifs is 1. The monoisotopic (exact) mass is 664 g/mol. The molecule has 3 aromatic carbocycles. The summed E-state index contributed by atoms with van der Waals surface area (Å²) in [4.78, 5) is 21.7. The largest absolute Gasteiger partial charge is 0.497 e. The van der Waals surface area contributed by atoms with E-state index in [9.17, 15) is 26.4 Å². The van der Waals surface area contributed by atoms with Crippen LogP contribution >= 0.6 is 0 Å². The Bertz CT molecular complexity index is 2100. The number of ether oxygens (including phenoxy) is 2. The Hall–Kier alpha value is -4.91. The van der Waals surface area contributed by atoms with Crippen LogP contribution in [-0.2, 0) is 16.6 Å². The number of pyridine rings is 1. The standard InChI is InChI=1S/C34H31F3N4O5S/c1-21-15-30(31(46-3)19-28(21)24-16-25(17-24)34(35,36)37)41-29-11-10-27(18-23(29)7-12-32(41)42)47(43,44)40(33-38-13-4-14-39-33)20-22-5-8-26(45-2)9-6-22/h4-15,18-19,24-25H,16-17,20H2,1-3H3. The molecule has 1 aliphatic rings. The van der Waals surface area contributed by atoms with Gasteiger partial charge in [-0.05, 0) is 97.0 Å². The van der Waals surface area contributed by atoms with Crippen molar-refractivity contribution in [2.75, 3.05) is 18.5 Å². The number of aromatic nitrogens is 3. The summed E-state index contributed by atoms with van der Waals surface area (Å²) >= 11 is 0. The molecule has 0 aliphatic heterocycles. The summed E-state index contributed by atoms with van der Waals surface area (Å²) in [6, 6.07) is 19.3. The van der Waals surface area contributed by atoms with Crippen molar-refractivity contribution in [3.05, 3.63) is 112 Å². The fourth-order valence-corrected chi connectivity index (χ4v) is 7.34. The molecule has 0 amide bonds. The number of sulfonamides is 1. The Balaban J connectivity index is 1.39. The summed E-state index contributed by atoms with van der Waals surface area (Å²) in [6.45, 7) is 1.74. The number of benzene rings is 3. The first-order valence-corrected chi connectivity index (χ1v) is 16.2. The number of hydrogen-bond donors (Lipinski definition) is 0. The van der Waals surface area contributed by atoms with Crippen LogP contribution in [0.3, 0.4) is 0 Å². The Labute approximate surface area is 269 Å². The highest BCUT2D eigenvalue weighted by Gasteiger charge is 2.48. The predicted molar refractivity (Wildman–Crippen MR) is 171 cm³/mol. The molecule has 9 nitrogen and oxygen atoms in total. The van der Waals surface area contributed by atoms with Crippen molar-refractivity contribution in [1.29, 1.82) is 0 Å². The Kier molecular flexibility index (Phi) is 8.43. The van der Waals surface area contributed by atoms with Crippen LogP contribution in [0.5, 0.6) is 11.5 Å². The van der Waals surface area contributed by atoms with Crippen molar-refractivity contribution in [2.24, 2.45) is 5.92 Å². The number of alkyl halides is 3. The summed E-state index contributed by atoms with van der Waals surface area (Å²) in [5.74, 6) is -0.666. The van der Waals surface area contributed by atoms with E-state index in [4.69, 9.17) is 9.47 Å². The molecule has 0 bridgehead atoms. The molecule has 1 aliphatic carbocycles. The first-order valence-electron chi connectivity index (χ1n) is 14.7. The van der Waals surface area contributed by atoms with Gasteiger partial charge in [0.05, 0.1) is 42.8 Å². The third-order valence-electron chi connectivity index (χ3n) is 8.56. The highest BCUT2D eigenvalue weighted by molar-refractivity contribution is 7.92. The van der Waals surface area contributed by atoms with E-state index in [0.717, 1.165) is 15.4 Å². The van der Waals surface area contributed by atoms with Gasteiger partial charge in [-0.1, -0.05) is 12.1 Å². The molecule has 1 fully saturated rings. The van der Waals surface area contributed by atoms with E-state index < -0.39 is 27.7 Å². The zero-order valence-electron chi connectivity index (χ0n) is 25.7. The quantitative estimate of drug-likeness (QED) is 0.176. The highest BCUT2D eigenvalue weighted by Crippen LogP contribution is 2.51. The fourth-order valence-electron chi connectivity index (χ4n) is 5.95. The molecule has 0 N–H and O–H groups in total. The van der Waals surface area contributed by atoms with Gasteiger partial charge in [-0.2, -0.15) is 13.2 Å². The predicted octanol–water partition coefficient (Wildman–Crippen LogP) is 6.56. The smallest absolute Gasteiger partial charge is 0.391 e. The molecule has 1 saturated carbocycles. The van der Waals surface area contributed by atoms with E-state index in [1.807, 2.05) is 0 Å². The van der Waals surface area contributed by atoms with Gasteiger partial charge < -0.3 is 9.47 Å². The lowest BCUT2D eigenvalue weighted by molar-refractivity contribution is -0.197. The van der Waals surface area contributed by atoms with Gasteiger partial charge in [0.15, 0.2) is 0 Å². The van der Waals surface area contributed by atoms with E-state index in [1.54, 1.807) is 68.6 Å². The van der Waals surface area contributed by atoms with Gasteiger partial charge in [0.2, 0.25) is 5.95 Å². The van der Waals surface area contributed by atoms with Gasteiger partial charge in [0.25, 0.3) is 15.6 Å². The van der Waals surface area contributed by atoms with Crippen LogP contribution in [0.15, 0.2) is 94.9 Å². The molecule has 244 valence electrons. The van der Waals surface area contributed by atoms with Gasteiger partial charge in [0.1, 0.15) is 11.5 Å². The molecule has 0 saturated heterocycles. The van der Waals surface area contributed by atoms with Crippen molar-refractivity contribution >= 4 is 26.9 Å². The zero-order valence-corrected chi connectivity index (χ0v) is 26.5. The third-order valence-corrected chi connectivity index (χ3v) is 10.3. The number of anilines is 1. The average Bonchev–Trinajstić information content (AvgIpc) is 3.03. The summed E-state index contributed by atoms with van der Waals surface area (Å²) in [6.07, 6.45) is -1.31. The van der Waals surface area contributed by atoms with Gasteiger partial charge in [-0.3, -0.25) is 9.36 Å². The molecule has 0 spiro atoms. The van der Waals surface area contributed by atoms with Gasteiger partial charge in [-0.25, -0.2) is 22.7 Å². The van der Waals surface area contributed by atoms with Crippen LogP contribution in [0.2, 0.25) is 0 Å². The first kappa shape index (κ1) is 32.0. The minimum absolute atomic E-state index is 0.00180. The zero-order chi connectivity index (χ0) is 33.5. The second-order valence-electron chi connectivity index (χ2n) is 11.4. The van der Waals surface area contributed by atoms with Crippen LogP contribution in [0.1, 0.15) is 35.4 Å². The van der Waals surface area contributed by atoms with Gasteiger partial charge in [-0.15, -0.1) is 0 Å². The van der Waals surface area contributed by atoms with E-state index in [1.165, 1.54) is 42.3 Å². The van der Waals surface area contributed by atoms with Gasteiger partial charge in [0, 0.05) is 23.8 Å². The van der Waals surface area contributed by atoms with E-state index in [-0.39, 0.29) is 36.1 Å². The first-order chi connectivity index (χ1) is 22.4. The third kappa shape index (κ3) is 6.14. The summed E-state index contributed by atoms with van der Waals surface area (Å²) in [5, 5.41) is 0.458. The lowest BCUT2D eigenvalue weighted by Gasteiger charge is -2.37. The van der Waals surface area contributed by atoms with Crippen LogP contribution in [0.25, 0.3) is 16.6 Å². The van der Waals surface area contributed by atoms with E-state index in [2.05, 4.69) is 9.97 Å². The number of hydrogen-bond acceptors (Lipinski definition) is 7. The Morgan fingerprint density at radius 1 is 0.936 bits per heavy atom. The Morgan fingerprint density at radius 3 is 2.28 bits per heavy atom. The second kappa shape index (κ2) is 12.4. The topological polar surface area (TPSA) is 104 Å². The molecule has 0 radical (unpaired) electrons. The van der Waals surface area contributed by atoms with Crippen LogP contribution in [0.4, 0.5) is 19.1 Å². The molecule has 5 aromatic rings. The molecule has 0 unspecified atom stereocenters. The maximum atomic E-state index is 14.2. The van der Waals surface area contributed by atoms with Gasteiger partial charge >= 0.3 is 6.18 Å². The molecular weight excluding hydrogens is 633 g/mol. The SMILES string of the molecule is COc1ccc(CN(c2ncccn2)S(=O)(=O)c2ccc3c(ccc(=O)n3-c3cc(C)c(C4CC(C(F)(F)F)C4)cc3OC)c2)cc1. The lowest BCUT2D eigenvalue weighted by Crippen LogP contribution is -2.34. The van der Waals surface area contributed by atoms with Crippen molar-refractivity contribution in [3.8, 4) is 17.2 Å². The maximum absolute atomic E-state index is 14.2. The molecule has 2 aromatic heterocycles. The number of methoxy groups -OCH3 is 2. The van der Waals surface area contributed by atoms with E-state index in [0.29, 0.717) is 33.7 Å². The summed E-state index contributed by atoms with van der Waals surface area (Å²) in [5.41, 5.74) is 2.57. The highest BCUT2D eigenvalue weighted by atomic mass is 32.2. The normalized spacial score (nSPS) is 16.5. The second-order valence-corrected chi connectivity index (χ2v) is 13.3. The molecule has 47 heavy (non-hydrogen) atoms. The summed E-state index contributed by atoms with van der Waals surface area (Å²) in [7, 11) is -1.24. The van der Waals surface area contributed by atoms with Crippen LogP contribution < -0.4 is 19.3 Å².